The summed E-state index contributed by atoms with van der Waals surface area (Å²) < 4.78 is 6.84. The molecule has 1 aromatic rings. The Morgan fingerprint density at radius 3 is 2.60 bits per heavy atom. The molecule has 0 spiro atoms. The first-order chi connectivity index (χ1) is 7.33. The number of hydrogen-bond acceptors (Lipinski definition) is 2. The molecule has 84 valence electrons. The van der Waals surface area contributed by atoms with Gasteiger partial charge in [0.05, 0.1) is 6.61 Å². The quantitative estimate of drug-likeness (QED) is 0.616. The lowest BCUT2D eigenvalue weighted by atomic mass is 10.3. The van der Waals surface area contributed by atoms with Gasteiger partial charge < -0.3 is 10.1 Å². The Kier molecular flexibility index (Phi) is 6.76. The van der Waals surface area contributed by atoms with Crippen molar-refractivity contribution in [3.63, 3.8) is 0 Å². The second-order valence-electron chi connectivity index (χ2n) is 3.41. The molecule has 0 saturated heterocycles. The zero-order valence-electron chi connectivity index (χ0n) is 9.13. The highest BCUT2D eigenvalue weighted by Crippen LogP contribution is 2.13. The van der Waals surface area contributed by atoms with E-state index in [1.165, 1.54) is 9.99 Å². The van der Waals surface area contributed by atoms with Crippen molar-refractivity contribution < 1.29 is 4.74 Å². The van der Waals surface area contributed by atoms with Gasteiger partial charge in [-0.15, -0.1) is 0 Å². The highest BCUT2D eigenvalue weighted by Gasteiger charge is 1.93. The Labute approximate surface area is 106 Å². The number of rotatable bonds is 7. The van der Waals surface area contributed by atoms with Crippen LogP contribution < -0.4 is 10.1 Å². The Morgan fingerprint density at radius 2 is 1.93 bits per heavy atom. The van der Waals surface area contributed by atoms with E-state index in [1.54, 1.807) is 0 Å². The Balaban J connectivity index is 2.07. The molecular weight excluding hydrogens is 301 g/mol. The van der Waals surface area contributed by atoms with E-state index >= 15 is 0 Å². The van der Waals surface area contributed by atoms with E-state index in [9.17, 15) is 0 Å². The summed E-state index contributed by atoms with van der Waals surface area (Å²) in [5.41, 5.74) is 0. The predicted molar refractivity (Wildman–Crippen MR) is 72.4 cm³/mol. The van der Waals surface area contributed by atoms with Gasteiger partial charge in [0.2, 0.25) is 0 Å². The topological polar surface area (TPSA) is 21.3 Å². The smallest absolute Gasteiger partial charge is 0.119 e. The number of nitrogens with one attached hydrogen (secondary N) is 1. The van der Waals surface area contributed by atoms with Gasteiger partial charge in [0.25, 0.3) is 0 Å². The summed E-state index contributed by atoms with van der Waals surface area (Å²) in [6.07, 6.45) is 2.25. The molecule has 15 heavy (non-hydrogen) atoms. The summed E-state index contributed by atoms with van der Waals surface area (Å²) >= 11 is 2.29. The van der Waals surface area contributed by atoms with Crippen molar-refractivity contribution >= 4 is 22.6 Å². The molecule has 1 N–H and O–H groups in total. The van der Waals surface area contributed by atoms with Crippen molar-refractivity contribution in [2.24, 2.45) is 0 Å². The number of benzene rings is 1. The molecule has 0 aliphatic rings. The normalized spacial score (nSPS) is 10.3. The first-order valence-electron chi connectivity index (χ1n) is 5.42. The molecule has 0 aliphatic heterocycles. The van der Waals surface area contributed by atoms with Crippen molar-refractivity contribution in [3.05, 3.63) is 27.8 Å². The third kappa shape index (κ3) is 5.99. The first kappa shape index (κ1) is 12.8. The average Bonchev–Trinajstić information content (AvgIpc) is 2.26. The fraction of sp³-hybridized carbons (Fsp3) is 0.500. The first-order valence-corrected chi connectivity index (χ1v) is 6.50. The van der Waals surface area contributed by atoms with E-state index in [0.29, 0.717) is 0 Å². The molecule has 0 heterocycles. The summed E-state index contributed by atoms with van der Waals surface area (Å²) in [7, 11) is 0. The summed E-state index contributed by atoms with van der Waals surface area (Å²) in [6, 6.07) is 8.15. The van der Waals surface area contributed by atoms with E-state index in [2.05, 4.69) is 47.0 Å². The third-order valence-corrected chi connectivity index (χ3v) is 2.73. The van der Waals surface area contributed by atoms with Crippen LogP contribution in [0.3, 0.4) is 0 Å². The van der Waals surface area contributed by atoms with Crippen molar-refractivity contribution in [2.75, 3.05) is 19.7 Å². The van der Waals surface area contributed by atoms with E-state index in [1.807, 2.05) is 12.1 Å². The van der Waals surface area contributed by atoms with Crippen molar-refractivity contribution in [1.82, 2.24) is 5.32 Å². The van der Waals surface area contributed by atoms with Gasteiger partial charge in [0.1, 0.15) is 5.75 Å². The van der Waals surface area contributed by atoms with E-state index < -0.39 is 0 Å². The van der Waals surface area contributed by atoms with Gasteiger partial charge in [-0.2, -0.15) is 0 Å². The van der Waals surface area contributed by atoms with Crippen LogP contribution in [-0.2, 0) is 0 Å². The lowest BCUT2D eigenvalue weighted by Crippen LogP contribution is -2.17. The molecule has 0 saturated carbocycles. The van der Waals surface area contributed by atoms with Crippen molar-refractivity contribution in [1.29, 1.82) is 0 Å². The molecule has 0 fully saturated rings. The standard InChI is InChI=1S/C12H18INO/c1-2-8-14-9-3-10-15-12-6-4-11(13)5-7-12/h4-7,14H,2-3,8-10H2,1H3. The van der Waals surface area contributed by atoms with Crippen molar-refractivity contribution in [3.8, 4) is 5.75 Å². The van der Waals surface area contributed by atoms with Gasteiger partial charge in [-0.25, -0.2) is 0 Å². The van der Waals surface area contributed by atoms with Gasteiger partial charge in [-0.1, -0.05) is 6.92 Å². The number of ether oxygens (including phenoxy) is 1. The van der Waals surface area contributed by atoms with Crippen molar-refractivity contribution in [2.45, 2.75) is 19.8 Å². The summed E-state index contributed by atoms with van der Waals surface area (Å²) in [5, 5.41) is 3.35. The summed E-state index contributed by atoms with van der Waals surface area (Å²) in [6.45, 7) is 5.11. The molecule has 3 heteroatoms. The Bertz CT molecular complexity index is 261. The zero-order valence-corrected chi connectivity index (χ0v) is 11.3. The molecule has 1 rings (SSSR count). The van der Waals surface area contributed by atoms with Crippen LogP contribution in [0.4, 0.5) is 0 Å². The lowest BCUT2D eigenvalue weighted by Gasteiger charge is -2.06. The molecule has 0 aliphatic carbocycles. The number of halogens is 1. The van der Waals surface area contributed by atoms with Crippen LogP contribution in [-0.4, -0.2) is 19.7 Å². The lowest BCUT2D eigenvalue weighted by molar-refractivity contribution is 0.308. The molecular formula is C12H18INO. The Morgan fingerprint density at radius 1 is 1.20 bits per heavy atom. The zero-order chi connectivity index (χ0) is 10.9. The molecule has 0 aromatic heterocycles. The second-order valence-corrected chi connectivity index (χ2v) is 4.65. The van der Waals surface area contributed by atoms with Gasteiger partial charge >= 0.3 is 0 Å². The highest BCUT2D eigenvalue weighted by atomic mass is 127. The Hall–Kier alpha value is -0.290. The van der Waals surface area contributed by atoms with E-state index in [-0.39, 0.29) is 0 Å². The number of hydrogen-bond donors (Lipinski definition) is 1. The van der Waals surface area contributed by atoms with Crippen LogP contribution >= 0.6 is 22.6 Å². The van der Waals surface area contributed by atoms with Crippen LogP contribution in [0.2, 0.25) is 0 Å². The average molecular weight is 319 g/mol. The minimum absolute atomic E-state index is 0.789. The minimum atomic E-state index is 0.789. The second kappa shape index (κ2) is 7.93. The third-order valence-electron chi connectivity index (χ3n) is 2.01. The van der Waals surface area contributed by atoms with Crippen LogP contribution in [0.15, 0.2) is 24.3 Å². The fourth-order valence-corrected chi connectivity index (χ4v) is 1.58. The van der Waals surface area contributed by atoms with Gasteiger partial charge in [0, 0.05) is 3.57 Å². The summed E-state index contributed by atoms with van der Waals surface area (Å²) in [4.78, 5) is 0. The van der Waals surface area contributed by atoms with Crippen LogP contribution in [0.25, 0.3) is 0 Å². The van der Waals surface area contributed by atoms with Gasteiger partial charge in [0.15, 0.2) is 0 Å². The molecule has 0 bridgehead atoms. The SMILES string of the molecule is CCCNCCCOc1ccc(I)cc1. The van der Waals surface area contributed by atoms with E-state index in [4.69, 9.17) is 4.74 Å². The van der Waals surface area contributed by atoms with Crippen LogP contribution in [0.1, 0.15) is 19.8 Å². The molecule has 1 aromatic carbocycles. The van der Waals surface area contributed by atoms with Crippen LogP contribution in [0, 0.1) is 3.57 Å². The largest absolute Gasteiger partial charge is 0.494 e. The monoisotopic (exact) mass is 319 g/mol. The highest BCUT2D eigenvalue weighted by molar-refractivity contribution is 14.1. The van der Waals surface area contributed by atoms with E-state index in [0.717, 1.165) is 31.9 Å². The molecule has 0 radical (unpaired) electrons. The van der Waals surface area contributed by atoms with Gasteiger partial charge in [-0.3, -0.25) is 0 Å². The van der Waals surface area contributed by atoms with Crippen LogP contribution in [0.5, 0.6) is 5.75 Å². The molecule has 0 unspecified atom stereocenters. The molecule has 2 nitrogen and oxygen atoms in total. The maximum Gasteiger partial charge on any atom is 0.119 e. The minimum Gasteiger partial charge on any atom is -0.494 e. The molecule has 0 amide bonds. The summed E-state index contributed by atoms with van der Waals surface area (Å²) in [5.74, 6) is 0.964. The predicted octanol–water partition coefficient (Wildman–Crippen LogP) is 3.06. The maximum absolute atomic E-state index is 5.60. The fourth-order valence-electron chi connectivity index (χ4n) is 1.22. The molecule has 0 atom stereocenters. The maximum atomic E-state index is 5.60. The van der Waals surface area contributed by atoms with Gasteiger partial charge in [-0.05, 0) is 72.8 Å².